The number of alkyl halides is 3. The molecule has 0 bridgehead atoms. The Kier molecular flexibility index (Phi) is 6.35. The van der Waals surface area contributed by atoms with Gasteiger partial charge in [-0.05, 0) is 42.3 Å². The maximum atomic E-state index is 14.0. The third kappa shape index (κ3) is 4.63. The van der Waals surface area contributed by atoms with Crippen LogP contribution in [0, 0.1) is 6.92 Å². The van der Waals surface area contributed by atoms with Crippen LogP contribution >= 0.6 is 11.6 Å². The highest BCUT2D eigenvalue weighted by Gasteiger charge is 2.47. The fraction of sp³-hybridized carbons (Fsp3) is 0.304. The number of halogens is 4. The quantitative estimate of drug-likeness (QED) is 0.470. The molecule has 2 heterocycles. The van der Waals surface area contributed by atoms with Crippen molar-refractivity contribution >= 4 is 29.0 Å². The zero-order chi connectivity index (χ0) is 24.6. The van der Waals surface area contributed by atoms with Crippen molar-refractivity contribution in [3.8, 4) is 11.5 Å². The molecule has 7 nitrogen and oxygen atoms in total. The van der Waals surface area contributed by atoms with Gasteiger partial charge in [0.05, 0.1) is 20.3 Å². The molecule has 1 amide bonds. The molecular formula is C23H22ClF3N4O3. The first kappa shape index (κ1) is 23.7. The Morgan fingerprint density at radius 2 is 1.88 bits per heavy atom. The minimum Gasteiger partial charge on any atom is -0.493 e. The number of nitrogens with zero attached hydrogens (tertiary/aromatic N) is 2. The average Bonchev–Trinajstić information content (AvgIpc) is 3.24. The number of anilines is 2. The molecule has 0 unspecified atom stereocenters. The summed E-state index contributed by atoms with van der Waals surface area (Å²) in [5.74, 6) is 0.309. The van der Waals surface area contributed by atoms with Crippen molar-refractivity contribution < 1.29 is 27.4 Å². The predicted octanol–water partition coefficient (Wildman–Crippen LogP) is 5.77. The summed E-state index contributed by atoms with van der Waals surface area (Å²) in [6.07, 6.45) is -4.89. The van der Waals surface area contributed by atoms with Crippen LogP contribution in [-0.2, 0) is 0 Å². The fourth-order valence-electron chi connectivity index (χ4n) is 3.84. The minimum absolute atomic E-state index is 0.0837. The summed E-state index contributed by atoms with van der Waals surface area (Å²) in [5.41, 5.74) is 1.67. The molecule has 1 aliphatic rings. The van der Waals surface area contributed by atoms with Gasteiger partial charge in [0.2, 0.25) is 0 Å². The van der Waals surface area contributed by atoms with Gasteiger partial charge in [0.15, 0.2) is 23.2 Å². The lowest BCUT2D eigenvalue weighted by Crippen LogP contribution is -2.35. The van der Waals surface area contributed by atoms with Gasteiger partial charge in [0, 0.05) is 23.2 Å². The molecule has 180 valence electrons. The minimum atomic E-state index is -4.57. The molecular weight excluding hydrogens is 473 g/mol. The third-order valence-corrected chi connectivity index (χ3v) is 6.07. The van der Waals surface area contributed by atoms with Crippen molar-refractivity contribution in [3.05, 3.63) is 64.3 Å². The number of hydrogen-bond acceptors (Lipinski definition) is 5. The van der Waals surface area contributed by atoms with Gasteiger partial charge in [-0.3, -0.25) is 4.79 Å². The predicted molar refractivity (Wildman–Crippen MR) is 122 cm³/mol. The van der Waals surface area contributed by atoms with Crippen LogP contribution in [0.4, 0.5) is 24.7 Å². The van der Waals surface area contributed by atoms with E-state index in [1.54, 1.807) is 36.4 Å². The van der Waals surface area contributed by atoms with E-state index in [1.165, 1.54) is 20.3 Å². The molecule has 4 rings (SSSR count). The maximum absolute atomic E-state index is 14.0. The summed E-state index contributed by atoms with van der Waals surface area (Å²) >= 11 is 6.09. The number of carbonyl (C=O) groups excluding carboxylic acids is 1. The summed E-state index contributed by atoms with van der Waals surface area (Å²) in [7, 11) is 2.93. The molecule has 0 saturated heterocycles. The van der Waals surface area contributed by atoms with Crippen LogP contribution in [0.5, 0.6) is 11.5 Å². The van der Waals surface area contributed by atoms with Crippen molar-refractivity contribution in [2.24, 2.45) is 0 Å². The van der Waals surface area contributed by atoms with Crippen LogP contribution in [0.1, 0.15) is 40.1 Å². The lowest BCUT2D eigenvalue weighted by molar-refractivity contribution is -0.173. The highest BCUT2D eigenvalue weighted by Crippen LogP contribution is 2.44. The third-order valence-electron chi connectivity index (χ3n) is 5.66. The molecule has 3 aromatic rings. The van der Waals surface area contributed by atoms with Gasteiger partial charge in [-0.2, -0.15) is 18.3 Å². The number of methoxy groups -OCH3 is 2. The van der Waals surface area contributed by atoms with E-state index >= 15 is 0 Å². The number of carbonyl (C=O) groups is 1. The number of amides is 1. The largest absolute Gasteiger partial charge is 0.493 e. The summed E-state index contributed by atoms with van der Waals surface area (Å²) in [5, 5.41) is 10.1. The molecule has 0 radical (unpaired) electrons. The number of ether oxygens (including phenoxy) is 2. The normalized spacial score (nSPS) is 17.5. The first-order valence-electron chi connectivity index (χ1n) is 10.3. The first-order valence-corrected chi connectivity index (χ1v) is 10.7. The number of benzene rings is 2. The Hall–Kier alpha value is -3.40. The second-order valence-electron chi connectivity index (χ2n) is 7.88. The van der Waals surface area contributed by atoms with Crippen LogP contribution in [0.2, 0.25) is 5.02 Å². The summed E-state index contributed by atoms with van der Waals surface area (Å²) < 4.78 is 53.2. The second-order valence-corrected chi connectivity index (χ2v) is 8.29. The van der Waals surface area contributed by atoms with Gasteiger partial charge in [-0.15, -0.1) is 0 Å². The average molecular weight is 495 g/mol. The Morgan fingerprint density at radius 1 is 1.15 bits per heavy atom. The van der Waals surface area contributed by atoms with E-state index in [2.05, 4.69) is 15.7 Å². The molecule has 0 aliphatic carbocycles. The fourth-order valence-corrected chi connectivity index (χ4v) is 4.02. The van der Waals surface area contributed by atoms with Crippen LogP contribution in [-0.4, -0.2) is 36.1 Å². The molecule has 0 spiro atoms. The van der Waals surface area contributed by atoms with E-state index in [1.807, 2.05) is 6.92 Å². The lowest BCUT2D eigenvalue weighted by Gasteiger charge is -2.33. The van der Waals surface area contributed by atoms with E-state index < -0.39 is 24.2 Å². The van der Waals surface area contributed by atoms with E-state index in [0.29, 0.717) is 27.8 Å². The number of nitrogens with one attached hydrogen (secondary N) is 2. The van der Waals surface area contributed by atoms with E-state index in [0.717, 1.165) is 10.2 Å². The Balaban J connectivity index is 1.64. The SMILES string of the molecule is COc1ccc([C@H]2C[C@@H](C(F)(F)F)n3nc(C(=O)Nc4ccc(C)c(Cl)c4)cc3N2)cc1OC. The summed E-state index contributed by atoms with van der Waals surface area (Å²) in [6, 6.07) is 8.57. The van der Waals surface area contributed by atoms with Crippen molar-refractivity contribution in [3.63, 3.8) is 0 Å². The number of hydrogen-bond donors (Lipinski definition) is 2. The van der Waals surface area contributed by atoms with Crippen molar-refractivity contribution in [2.75, 3.05) is 24.9 Å². The zero-order valence-corrected chi connectivity index (χ0v) is 19.3. The van der Waals surface area contributed by atoms with E-state index in [4.69, 9.17) is 21.1 Å². The molecule has 1 aliphatic heterocycles. The van der Waals surface area contributed by atoms with Gasteiger partial charge in [-0.25, -0.2) is 4.68 Å². The van der Waals surface area contributed by atoms with Crippen LogP contribution in [0.15, 0.2) is 42.5 Å². The second kappa shape index (κ2) is 9.09. The lowest BCUT2D eigenvalue weighted by atomic mass is 9.96. The van der Waals surface area contributed by atoms with Crippen molar-refractivity contribution in [1.82, 2.24) is 9.78 Å². The number of rotatable bonds is 5. The topological polar surface area (TPSA) is 77.4 Å². The standard InChI is InChI=1S/C23H22ClF3N4O3/c1-12-4-6-14(9-15(12)24)28-22(32)17-11-21-29-16(10-20(23(25,26)27)31(21)30-17)13-5-7-18(33-2)19(8-13)34-3/h4-9,11,16,20,29H,10H2,1-3H3,(H,28,32)/t16-,20+/m1/s1. The highest BCUT2D eigenvalue weighted by atomic mass is 35.5. The van der Waals surface area contributed by atoms with E-state index in [-0.39, 0.29) is 17.9 Å². The Morgan fingerprint density at radius 3 is 2.53 bits per heavy atom. The molecule has 1 aromatic heterocycles. The van der Waals surface area contributed by atoms with Gasteiger partial charge < -0.3 is 20.1 Å². The van der Waals surface area contributed by atoms with Crippen molar-refractivity contribution in [1.29, 1.82) is 0 Å². The van der Waals surface area contributed by atoms with Crippen LogP contribution < -0.4 is 20.1 Å². The van der Waals surface area contributed by atoms with Gasteiger partial charge >= 0.3 is 6.18 Å². The number of fused-ring (bicyclic) bond motifs is 1. The zero-order valence-electron chi connectivity index (χ0n) is 18.5. The van der Waals surface area contributed by atoms with Gasteiger partial charge in [-0.1, -0.05) is 23.7 Å². The number of aryl methyl sites for hydroxylation is 1. The molecule has 0 saturated carbocycles. The Bertz CT molecular complexity index is 1230. The smallest absolute Gasteiger partial charge is 0.410 e. The first-order chi connectivity index (χ1) is 16.1. The number of aromatic nitrogens is 2. The molecule has 0 fully saturated rings. The molecule has 34 heavy (non-hydrogen) atoms. The van der Waals surface area contributed by atoms with Gasteiger partial charge in [0.1, 0.15) is 5.82 Å². The molecule has 11 heteroatoms. The monoisotopic (exact) mass is 494 g/mol. The summed E-state index contributed by atoms with van der Waals surface area (Å²) in [4.78, 5) is 12.7. The molecule has 2 N–H and O–H groups in total. The van der Waals surface area contributed by atoms with Gasteiger partial charge in [0.25, 0.3) is 5.91 Å². The maximum Gasteiger partial charge on any atom is 0.410 e. The van der Waals surface area contributed by atoms with E-state index in [9.17, 15) is 18.0 Å². The van der Waals surface area contributed by atoms with Crippen LogP contribution in [0.3, 0.4) is 0 Å². The van der Waals surface area contributed by atoms with Crippen molar-refractivity contribution in [2.45, 2.75) is 31.6 Å². The summed E-state index contributed by atoms with van der Waals surface area (Å²) in [6.45, 7) is 1.81. The molecule has 2 aromatic carbocycles. The molecule has 2 atom stereocenters. The Labute approximate surface area is 198 Å². The van der Waals surface area contributed by atoms with Crippen LogP contribution in [0.25, 0.3) is 0 Å². The highest BCUT2D eigenvalue weighted by molar-refractivity contribution is 6.31.